The summed E-state index contributed by atoms with van der Waals surface area (Å²) in [6, 6.07) is 0. The average molecular weight is 223 g/mol. The van der Waals surface area contributed by atoms with E-state index in [2.05, 4.69) is 32.3 Å². The van der Waals surface area contributed by atoms with Crippen molar-refractivity contribution in [3.63, 3.8) is 0 Å². The summed E-state index contributed by atoms with van der Waals surface area (Å²) in [7, 11) is 2.07. The molecular weight excluding hydrogens is 194 g/mol. The highest BCUT2D eigenvalue weighted by Gasteiger charge is 2.17. The van der Waals surface area contributed by atoms with E-state index in [-0.39, 0.29) is 0 Å². The van der Waals surface area contributed by atoms with Crippen molar-refractivity contribution in [1.29, 1.82) is 0 Å². The van der Waals surface area contributed by atoms with Gasteiger partial charge in [-0.1, -0.05) is 44.8 Å². The fourth-order valence-electron chi connectivity index (χ4n) is 2.84. The molecule has 1 saturated carbocycles. The topological polar surface area (TPSA) is 12.0 Å². The Labute approximate surface area is 102 Å². The van der Waals surface area contributed by atoms with Crippen molar-refractivity contribution in [2.45, 2.75) is 58.8 Å². The Morgan fingerprint density at radius 1 is 1.19 bits per heavy atom. The molecule has 0 unspecified atom stereocenters. The molecule has 94 valence electrons. The molecule has 0 amide bonds. The summed E-state index contributed by atoms with van der Waals surface area (Å²) in [5, 5.41) is 3.35. The first-order valence-electron chi connectivity index (χ1n) is 7.16. The molecule has 0 aromatic rings. The summed E-state index contributed by atoms with van der Waals surface area (Å²) >= 11 is 0. The maximum absolute atomic E-state index is 3.35. The molecule has 1 N–H and O–H groups in total. The van der Waals surface area contributed by atoms with Gasteiger partial charge in [0.2, 0.25) is 0 Å². The third-order valence-electron chi connectivity index (χ3n) is 4.01. The van der Waals surface area contributed by atoms with Crippen molar-refractivity contribution in [1.82, 2.24) is 5.32 Å². The predicted molar refractivity (Wildman–Crippen MR) is 72.7 cm³/mol. The van der Waals surface area contributed by atoms with Gasteiger partial charge in [0.1, 0.15) is 0 Å². The SMILES string of the molecule is CCC(C=C(CNC)C1CCCCC1)CC. The molecule has 16 heavy (non-hydrogen) atoms. The third kappa shape index (κ3) is 4.29. The van der Waals surface area contributed by atoms with Crippen LogP contribution in [0.15, 0.2) is 11.6 Å². The molecule has 1 aliphatic carbocycles. The van der Waals surface area contributed by atoms with Gasteiger partial charge in [-0.3, -0.25) is 0 Å². The molecule has 0 spiro atoms. The van der Waals surface area contributed by atoms with Crippen LogP contribution in [0.4, 0.5) is 0 Å². The average Bonchev–Trinajstić information content (AvgIpc) is 2.35. The normalized spacial score (nSPS) is 19.4. The molecule has 0 saturated heterocycles. The van der Waals surface area contributed by atoms with Gasteiger partial charge in [0.25, 0.3) is 0 Å². The molecule has 0 bridgehead atoms. The van der Waals surface area contributed by atoms with Crippen molar-refractivity contribution >= 4 is 0 Å². The van der Waals surface area contributed by atoms with Gasteiger partial charge in [0.05, 0.1) is 0 Å². The molecule has 0 radical (unpaired) electrons. The number of hydrogen-bond donors (Lipinski definition) is 1. The second kappa shape index (κ2) is 7.89. The van der Waals surface area contributed by atoms with Crippen LogP contribution in [0.2, 0.25) is 0 Å². The lowest BCUT2D eigenvalue weighted by Gasteiger charge is -2.26. The summed E-state index contributed by atoms with van der Waals surface area (Å²) in [6.45, 7) is 5.71. The number of hydrogen-bond acceptors (Lipinski definition) is 1. The van der Waals surface area contributed by atoms with Gasteiger partial charge in [-0.15, -0.1) is 0 Å². The van der Waals surface area contributed by atoms with Gasteiger partial charge in [-0.2, -0.15) is 0 Å². The minimum absolute atomic E-state index is 0.797. The number of rotatable bonds is 6. The standard InChI is InChI=1S/C15H29N/c1-4-13(5-2)11-15(12-16-3)14-9-7-6-8-10-14/h11,13-14,16H,4-10,12H2,1-3H3. The van der Waals surface area contributed by atoms with Crippen molar-refractivity contribution < 1.29 is 0 Å². The maximum Gasteiger partial charge on any atom is 0.0164 e. The summed E-state index contributed by atoms with van der Waals surface area (Å²) in [6.07, 6.45) is 12.3. The van der Waals surface area contributed by atoms with Crippen molar-refractivity contribution in [3.05, 3.63) is 11.6 Å². The maximum atomic E-state index is 3.35. The highest BCUT2D eigenvalue weighted by Crippen LogP contribution is 2.30. The highest BCUT2D eigenvalue weighted by molar-refractivity contribution is 5.11. The van der Waals surface area contributed by atoms with Gasteiger partial charge in [0, 0.05) is 6.54 Å². The Morgan fingerprint density at radius 3 is 2.31 bits per heavy atom. The molecule has 0 atom stereocenters. The van der Waals surface area contributed by atoms with E-state index in [1.54, 1.807) is 5.57 Å². The lowest BCUT2D eigenvalue weighted by molar-refractivity contribution is 0.392. The molecule has 1 heteroatoms. The second-order valence-corrected chi connectivity index (χ2v) is 5.18. The van der Waals surface area contributed by atoms with Crippen LogP contribution in [0.3, 0.4) is 0 Å². The van der Waals surface area contributed by atoms with Gasteiger partial charge >= 0.3 is 0 Å². The number of likely N-dealkylation sites (N-methyl/N-ethyl adjacent to an activating group) is 1. The molecule has 1 rings (SSSR count). The minimum Gasteiger partial charge on any atom is -0.316 e. The monoisotopic (exact) mass is 223 g/mol. The Morgan fingerprint density at radius 2 is 1.81 bits per heavy atom. The van der Waals surface area contributed by atoms with Crippen molar-refractivity contribution in [3.8, 4) is 0 Å². The molecule has 0 aliphatic heterocycles. The Balaban J connectivity index is 2.63. The Hall–Kier alpha value is -0.300. The molecule has 0 heterocycles. The van der Waals surface area contributed by atoms with E-state index in [1.165, 1.54) is 44.9 Å². The van der Waals surface area contributed by atoms with Crippen molar-refractivity contribution in [2.75, 3.05) is 13.6 Å². The lowest BCUT2D eigenvalue weighted by Crippen LogP contribution is -2.20. The van der Waals surface area contributed by atoms with Gasteiger partial charge in [-0.05, 0) is 44.6 Å². The first-order valence-corrected chi connectivity index (χ1v) is 7.16. The lowest BCUT2D eigenvalue weighted by atomic mass is 9.82. The van der Waals surface area contributed by atoms with Crippen molar-refractivity contribution in [2.24, 2.45) is 11.8 Å². The molecular formula is C15H29N. The van der Waals surface area contributed by atoms with Crippen LogP contribution in [-0.2, 0) is 0 Å². The second-order valence-electron chi connectivity index (χ2n) is 5.18. The first kappa shape index (κ1) is 13.8. The highest BCUT2D eigenvalue weighted by atomic mass is 14.8. The van der Waals surface area contributed by atoms with E-state index >= 15 is 0 Å². The van der Waals surface area contributed by atoms with Crippen LogP contribution >= 0.6 is 0 Å². The molecule has 1 aliphatic rings. The van der Waals surface area contributed by atoms with E-state index < -0.39 is 0 Å². The van der Waals surface area contributed by atoms with E-state index in [0.717, 1.165) is 18.4 Å². The van der Waals surface area contributed by atoms with E-state index in [9.17, 15) is 0 Å². The quantitative estimate of drug-likeness (QED) is 0.667. The zero-order valence-corrected chi connectivity index (χ0v) is 11.4. The molecule has 0 aromatic carbocycles. The third-order valence-corrected chi connectivity index (χ3v) is 4.01. The van der Waals surface area contributed by atoms with Gasteiger partial charge < -0.3 is 5.32 Å². The summed E-state index contributed by atoms with van der Waals surface area (Å²) in [5.74, 6) is 1.67. The predicted octanol–water partition coefficient (Wildman–Crippen LogP) is 4.15. The zero-order chi connectivity index (χ0) is 11.8. The van der Waals surface area contributed by atoms with Crippen LogP contribution in [0, 0.1) is 11.8 Å². The fraction of sp³-hybridized carbons (Fsp3) is 0.867. The zero-order valence-electron chi connectivity index (χ0n) is 11.4. The fourth-order valence-corrected chi connectivity index (χ4v) is 2.84. The Kier molecular flexibility index (Phi) is 6.79. The van der Waals surface area contributed by atoms with Crippen LogP contribution in [-0.4, -0.2) is 13.6 Å². The van der Waals surface area contributed by atoms with Crippen LogP contribution < -0.4 is 5.32 Å². The molecule has 1 nitrogen and oxygen atoms in total. The molecule has 0 aromatic heterocycles. The summed E-state index contributed by atoms with van der Waals surface area (Å²) in [4.78, 5) is 0. The minimum atomic E-state index is 0.797. The van der Waals surface area contributed by atoms with Gasteiger partial charge in [0.15, 0.2) is 0 Å². The largest absolute Gasteiger partial charge is 0.316 e. The summed E-state index contributed by atoms with van der Waals surface area (Å²) in [5.41, 5.74) is 1.69. The van der Waals surface area contributed by atoms with Crippen LogP contribution in [0.5, 0.6) is 0 Å². The molecule has 1 fully saturated rings. The smallest absolute Gasteiger partial charge is 0.0164 e. The van der Waals surface area contributed by atoms with Gasteiger partial charge in [-0.25, -0.2) is 0 Å². The first-order chi connectivity index (χ1) is 7.81. The van der Waals surface area contributed by atoms with Crippen LogP contribution in [0.1, 0.15) is 58.8 Å². The van der Waals surface area contributed by atoms with Crippen LogP contribution in [0.25, 0.3) is 0 Å². The number of allylic oxidation sites excluding steroid dienone is 1. The van der Waals surface area contributed by atoms with E-state index in [4.69, 9.17) is 0 Å². The Bertz CT molecular complexity index is 197. The number of nitrogens with one attached hydrogen (secondary N) is 1. The van der Waals surface area contributed by atoms with E-state index in [1.807, 2.05) is 0 Å². The summed E-state index contributed by atoms with van der Waals surface area (Å²) < 4.78 is 0. The van der Waals surface area contributed by atoms with E-state index in [0.29, 0.717) is 0 Å².